The molecule has 0 spiro atoms. The molecule has 282 valence electrons. The number of carbonyl (C=O) groups is 1. The molecule has 0 amide bonds. The number of methoxy groups -OCH3 is 2. The zero-order valence-electron chi connectivity index (χ0n) is 30.8. The maximum Gasteiger partial charge on any atom is 0.196 e. The van der Waals surface area contributed by atoms with Crippen molar-refractivity contribution < 1.29 is 29.2 Å². The third-order valence-corrected chi connectivity index (χ3v) is 14.0. The molecule has 3 aliphatic carbocycles. The van der Waals surface area contributed by atoms with E-state index in [9.17, 15) is 15.0 Å². The van der Waals surface area contributed by atoms with Crippen LogP contribution in [-0.2, 0) is 22.4 Å². The number of guanidine groups is 1. The lowest BCUT2D eigenvalue weighted by Gasteiger charge is -2.43. The first-order valence-corrected chi connectivity index (χ1v) is 20.8. The average Bonchev–Trinajstić information content (AvgIpc) is 3.63. The van der Waals surface area contributed by atoms with Crippen molar-refractivity contribution in [2.75, 3.05) is 52.7 Å². The minimum absolute atomic E-state index is 0.0518. The van der Waals surface area contributed by atoms with Crippen LogP contribution in [0.4, 0.5) is 5.69 Å². The molecule has 0 aromatic heterocycles. The summed E-state index contributed by atoms with van der Waals surface area (Å²) in [5, 5.41) is 32.2. The van der Waals surface area contributed by atoms with E-state index in [-0.39, 0.29) is 34.4 Å². The van der Waals surface area contributed by atoms with Gasteiger partial charge in [-0.15, -0.1) is 0 Å². The fourth-order valence-electron chi connectivity index (χ4n) is 8.90. The van der Waals surface area contributed by atoms with E-state index in [4.69, 9.17) is 14.2 Å². The molecule has 6 bridgehead atoms. The van der Waals surface area contributed by atoms with Crippen LogP contribution in [0.2, 0.25) is 0 Å². The largest absolute Gasteiger partial charge is 0.504 e. The van der Waals surface area contributed by atoms with E-state index in [0.717, 1.165) is 56.3 Å². The molecule has 6 unspecified atom stereocenters. The molecule has 6 atom stereocenters. The molecule has 1 aliphatic heterocycles. The van der Waals surface area contributed by atoms with Crippen molar-refractivity contribution in [1.29, 1.82) is 0 Å². The molecule has 2 aromatic carbocycles. The molecule has 1 heterocycles. The first-order chi connectivity index (χ1) is 25.2. The van der Waals surface area contributed by atoms with Crippen LogP contribution in [0.25, 0.3) is 0 Å². The molecule has 0 saturated heterocycles. The van der Waals surface area contributed by atoms with Gasteiger partial charge in [-0.25, -0.2) is 0 Å². The number of phenols is 2. The number of allylic oxidation sites excluding steroid dienone is 3. The first-order valence-electron chi connectivity index (χ1n) is 18.4. The van der Waals surface area contributed by atoms with Crippen LogP contribution in [-0.4, -0.2) is 80.2 Å². The number of fused-ring (bicyclic) bond motifs is 2. The summed E-state index contributed by atoms with van der Waals surface area (Å²) in [5.74, 6) is 3.06. The van der Waals surface area contributed by atoms with Crippen molar-refractivity contribution in [3.63, 3.8) is 0 Å². The molecule has 2 fully saturated rings. The lowest BCUT2D eigenvalue weighted by Crippen LogP contribution is -2.46. The number of benzene rings is 2. The van der Waals surface area contributed by atoms with E-state index in [1.54, 1.807) is 48.9 Å². The number of ether oxygens (including phenoxy) is 3. The standard InChI is InChI=1S/C40H54N4O6S2/c1-41-24-39(17-15-26(22-39)16-18-48-3)50-34-20-27-7-5-6-8-36(46)40(23-28-9-13-32(45)33(21-28)49-4)29-10-12-30(40)35(14-11-29)52-51-25-43-38(42-2)44-31(19-27)37(34)47/h6,8-9,11,13-14,19-21,26,29-30,35,41,45,47H,5,7,10,12,15-18,22-25H2,1-4H3,(H2,42,43,44). The number of aliphatic imine (C=N–C) groups is 1. The Labute approximate surface area is 316 Å². The van der Waals surface area contributed by atoms with Gasteiger partial charge in [-0.3, -0.25) is 9.79 Å². The molecule has 52 heavy (non-hydrogen) atoms. The Hall–Kier alpha value is -3.32. The summed E-state index contributed by atoms with van der Waals surface area (Å²) in [6.45, 7) is 1.39. The first kappa shape index (κ1) is 38.4. The van der Waals surface area contributed by atoms with Crippen molar-refractivity contribution in [1.82, 2.24) is 10.6 Å². The molecule has 2 aromatic rings. The van der Waals surface area contributed by atoms with Crippen molar-refractivity contribution in [3.05, 3.63) is 65.8 Å². The monoisotopic (exact) mass is 750 g/mol. The van der Waals surface area contributed by atoms with Crippen molar-refractivity contribution in [3.8, 4) is 23.0 Å². The second kappa shape index (κ2) is 17.2. The Bertz CT molecular complexity index is 1670. The third kappa shape index (κ3) is 8.25. The summed E-state index contributed by atoms with van der Waals surface area (Å²) in [6.07, 6.45) is 16.0. The number of rotatable bonds is 10. The summed E-state index contributed by atoms with van der Waals surface area (Å²) in [6, 6.07) is 9.34. The van der Waals surface area contributed by atoms with E-state index in [2.05, 4.69) is 33.1 Å². The minimum Gasteiger partial charge on any atom is -0.504 e. The van der Waals surface area contributed by atoms with Crippen LogP contribution < -0.4 is 25.4 Å². The number of phenolic OH excluding ortho intramolecular Hbond substituents is 2. The van der Waals surface area contributed by atoms with Crippen LogP contribution in [0.15, 0.2) is 59.6 Å². The van der Waals surface area contributed by atoms with Gasteiger partial charge in [0.1, 0.15) is 5.60 Å². The maximum atomic E-state index is 14.6. The number of nitrogens with zero attached hydrogens (tertiary/aromatic N) is 1. The highest BCUT2D eigenvalue weighted by atomic mass is 33.1. The van der Waals surface area contributed by atoms with Gasteiger partial charge in [0.2, 0.25) is 0 Å². The van der Waals surface area contributed by atoms with Crippen molar-refractivity contribution >= 4 is 39.0 Å². The zero-order valence-corrected chi connectivity index (χ0v) is 32.4. The maximum absolute atomic E-state index is 14.6. The summed E-state index contributed by atoms with van der Waals surface area (Å²) in [5.41, 5.74) is 1.45. The predicted octanol–water partition coefficient (Wildman–Crippen LogP) is 6.87. The van der Waals surface area contributed by atoms with E-state index in [0.29, 0.717) is 60.7 Å². The number of anilines is 1. The van der Waals surface area contributed by atoms with E-state index in [1.807, 2.05) is 43.5 Å². The zero-order chi connectivity index (χ0) is 36.7. The number of carbonyl (C=O) groups excluding carboxylic acids is 1. The number of nitrogens with one attached hydrogen (secondary N) is 3. The van der Waals surface area contributed by atoms with Crippen LogP contribution >= 0.6 is 21.6 Å². The highest BCUT2D eigenvalue weighted by Crippen LogP contribution is 2.59. The minimum atomic E-state index is -0.596. The number of aromatic hydroxyl groups is 2. The topological polar surface area (TPSA) is 134 Å². The lowest BCUT2D eigenvalue weighted by molar-refractivity contribution is -0.127. The fourth-order valence-corrected chi connectivity index (χ4v) is 11.4. The molecule has 6 rings (SSSR count). The fraction of sp³-hybridized carbons (Fsp3) is 0.550. The molecule has 2 saturated carbocycles. The number of likely N-dealkylation sites (N-methyl/N-ethyl adjacent to an activating group) is 1. The summed E-state index contributed by atoms with van der Waals surface area (Å²) >= 11 is 0. The smallest absolute Gasteiger partial charge is 0.196 e. The highest BCUT2D eigenvalue weighted by Gasteiger charge is 2.57. The Morgan fingerprint density at radius 1 is 1.10 bits per heavy atom. The number of ketones is 1. The van der Waals surface area contributed by atoms with E-state index >= 15 is 0 Å². The quantitative estimate of drug-likeness (QED) is 0.0990. The van der Waals surface area contributed by atoms with Crippen LogP contribution in [0.1, 0.15) is 56.1 Å². The predicted molar refractivity (Wildman–Crippen MR) is 212 cm³/mol. The molecule has 5 N–H and O–H groups in total. The van der Waals surface area contributed by atoms with Gasteiger partial charge in [-0.05, 0) is 124 Å². The average molecular weight is 751 g/mol. The molecule has 0 radical (unpaired) electrons. The van der Waals surface area contributed by atoms with Gasteiger partial charge in [-0.2, -0.15) is 0 Å². The number of hydrogen-bond acceptors (Lipinski definition) is 10. The van der Waals surface area contributed by atoms with Crippen LogP contribution in [0, 0.1) is 23.2 Å². The van der Waals surface area contributed by atoms with E-state index in [1.165, 1.54) is 0 Å². The Balaban J connectivity index is 1.31. The van der Waals surface area contributed by atoms with Crippen LogP contribution in [0.3, 0.4) is 0 Å². The Morgan fingerprint density at radius 3 is 2.75 bits per heavy atom. The summed E-state index contributed by atoms with van der Waals surface area (Å²) < 4.78 is 17.6. The normalized spacial score (nSPS) is 29.8. The molecular weight excluding hydrogens is 697 g/mol. The van der Waals surface area contributed by atoms with Gasteiger partial charge in [0.25, 0.3) is 0 Å². The third-order valence-electron chi connectivity index (χ3n) is 11.4. The van der Waals surface area contributed by atoms with Gasteiger partial charge in [0, 0.05) is 38.0 Å². The van der Waals surface area contributed by atoms with Crippen LogP contribution in [0.5, 0.6) is 23.0 Å². The summed E-state index contributed by atoms with van der Waals surface area (Å²) in [7, 11) is 10.4. The second-order valence-electron chi connectivity index (χ2n) is 14.6. The van der Waals surface area contributed by atoms with Crippen molar-refractivity contribution in [2.24, 2.45) is 28.2 Å². The second-order valence-corrected chi connectivity index (χ2v) is 17.1. The number of aryl methyl sites for hydroxylation is 1. The molecule has 12 heteroatoms. The van der Waals surface area contributed by atoms with Gasteiger partial charge in [0.15, 0.2) is 34.7 Å². The SMILES string of the molecule is CN=C1NCSSC2C=CC3CCC2C3(Cc2ccc(O)c(OC)c2)C(=O)C=CCCc2cc(c(O)c(OC3(CNC)CCC(CCOC)C3)c2)N1. The van der Waals surface area contributed by atoms with Gasteiger partial charge in [0.05, 0.1) is 18.7 Å². The summed E-state index contributed by atoms with van der Waals surface area (Å²) in [4.78, 5) is 19.1. The lowest BCUT2D eigenvalue weighted by atomic mass is 9.62. The number of hydrogen-bond donors (Lipinski definition) is 5. The van der Waals surface area contributed by atoms with Gasteiger partial charge >= 0.3 is 0 Å². The Morgan fingerprint density at radius 2 is 1.96 bits per heavy atom. The molecule has 4 aliphatic rings. The highest BCUT2D eigenvalue weighted by molar-refractivity contribution is 8.77. The van der Waals surface area contributed by atoms with Gasteiger partial charge in [-0.1, -0.05) is 45.9 Å². The van der Waals surface area contributed by atoms with Gasteiger partial charge < -0.3 is 40.4 Å². The Kier molecular flexibility index (Phi) is 12.7. The molecular formula is C40H54N4O6S2. The molecule has 10 nitrogen and oxygen atoms in total. The van der Waals surface area contributed by atoms with Crippen molar-refractivity contribution in [2.45, 2.75) is 68.6 Å². The van der Waals surface area contributed by atoms with E-state index < -0.39 is 11.0 Å².